The number of carbonyl (C=O) groups is 2. The zero-order chi connectivity index (χ0) is 19.5. The highest BCUT2D eigenvalue weighted by Crippen LogP contribution is 2.29. The van der Waals surface area contributed by atoms with Gasteiger partial charge in [0, 0.05) is 5.69 Å². The maximum absolute atomic E-state index is 12.3. The van der Waals surface area contributed by atoms with E-state index in [0.29, 0.717) is 23.0 Å². The Morgan fingerprint density at radius 1 is 1.14 bits per heavy atom. The number of thioether (sulfide) groups is 1. The summed E-state index contributed by atoms with van der Waals surface area (Å²) in [4.78, 5) is 24.8. The summed E-state index contributed by atoms with van der Waals surface area (Å²) in [6.45, 7) is 2.08. The van der Waals surface area contributed by atoms with Gasteiger partial charge in [-0.3, -0.25) is 9.20 Å². The Labute approximate surface area is 168 Å². The van der Waals surface area contributed by atoms with Crippen LogP contribution in [-0.2, 0) is 9.53 Å². The van der Waals surface area contributed by atoms with E-state index >= 15 is 0 Å². The Bertz CT molecular complexity index is 1150. The monoisotopic (exact) mass is 412 g/mol. The minimum atomic E-state index is -0.380. The molecule has 7 nitrogen and oxygen atoms in total. The van der Waals surface area contributed by atoms with Gasteiger partial charge in [0.05, 0.1) is 28.1 Å². The van der Waals surface area contributed by atoms with Crippen molar-refractivity contribution in [3.63, 3.8) is 0 Å². The van der Waals surface area contributed by atoms with Crippen LogP contribution in [0.5, 0.6) is 0 Å². The fourth-order valence-corrected chi connectivity index (χ4v) is 4.45. The number of fused-ring (bicyclic) bond motifs is 3. The fraction of sp³-hybridized carbons (Fsp3) is 0.158. The molecule has 0 aliphatic heterocycles. The first-order valence-corrected chi connectivity index (χ1v) is 10.4. The number of hydrogen-bond donors (Lipinski definition) is 1. The van der Waals surface area contributed by atoms with Crippen LogP contribution < -0.4 is 5.32 Å². The maximum Gasteiger partial charge on any atom is 0.338 e. The Morgan fingerprint density at radius 3 is 2.71 bits per heavy atom. The second-order valence-electron chi connectivity index (χ2n) is 5.81. The van der Waals surface area contributed by atoms with Crippen LogP contribution in [-0.4, -0.2) is 38.8 Å². The summed E-state index contributed by atoms with van der Waals surface area (Å²) >= 11 is 2.89. The zero-order valence-corrected chi connectivity index (χ0v) is 16.5. The molecule has 4 aromatic rings. The van der Waals surface area contributed by atoms with E-state index in [4.69, 9.17) is 4.74 Å². The number of rotatable bonds is 6. The van der Waals surface area contributed by atoms with Crippen molar-refractivity contribution in [1.82, 2.24) is 14.6 Å². The second kappa shape index (κ2) is 7.99. The number of nitrogens with one attached hydrogen (secondary N) is 1. The SMILES string of the molecule is CCOC(=O)c1ccc(NC(=O)CSc2nnc3sc4ccccc4n23)cc1. The van der Waals surface area contributed by atoms with Crippen molar-refractivity contribution in [1.29, 1.82) is 0 Å². The normalized spacial score (nSPS) is 11.0. The average Bonchev–Trinajstić information content (AvgIpc) is 3.26. The number of hydrogen-bond acceptors (Lipinski definition) is 7. The Kier molecular flexibility index (Phi) is 5.27. The van der Waals surface area contributed by atoms with Gasteiger partial charge in [0.1, 0.15) is 0 Å². The molecule has 28 heavy (non-hydrogen) atoms. The third-order valence-corrected chi connectivity index (χ3v) is 5.86. The number of nitrogens with zero attached hydrogens (tertiary/aromatic N) is 3. The van der Waals surface area contributed by atoms with Crippen molar-refractivity contribution < 1.29 is 14.3 Å². The molecular formula is C19H16N4O3S2. The lowest BCUT2D eigenvalue weighted by molar-refractivity contribution is -0.113. The maximum atomic E-state index is 12.3. The van der Waals surface area contributed by atoms with E-state index in [-0.39, 0.29) is 17.6 Å². The van der Waals surface area contributed by atoms with E-state index in [1.54, 1.807) is 42.5 Å². The lowest BCUT2D eigenvalue weighted by atomic mass is 10.2. The molecule has 0 saturated carbocycles. The summed E-state index contributed by atoms with van der Waals surface area (Å²) in [5.74, 6) is -0.343. The third-order valence-electron chi connectivity index (χ3n) is 3.92. The van der Waals surface area contributed by atoms with Gasteiger partial charge in [0.2, 0.25) is 10.9 Å². The molecule has 9 heteroatoms. The molecule has 1 N–H and O–H groups in total. The van der Waals surface area contributed by atoms with Crippen LogP contribution >= 0.6 is 23.1 Å². The van der Waals surface area contributed by atoms with Crippen molar-refractivity contribution in [3.05, 3.63) is 54.1 Å². The molecule has 0 aliphatic rings. The van der Waals surface area contributed by atoms with E-state index in [2.05, 4.69) is 15.5 Å². The smallest absolute Gasteiger partial charge is 0.338 e. The molecule has 142 valence electrons. The highest BCUT2D eigenvalue weighted by Gasteiger charge is 2.14. The van der Waals surface area contributed by atoms with Crippen molar-refractivity contribution in [2.75, 3.05) is 17.7 Å². The largest absolute Gasteiger partial charge is 0.462 e. The molecule has 4 rings (SSSR count). The average molecular weight is 412 g/mol. The van der Waals surface area contributed by atoms with Gasteiger partial charge in [-0.2, -0.15) is 0 Å². The van der Waals surface area contributed by atoms with Crippen molar-refractivity contribution in [3.8, 4) is 0 Å². The summed E-state index contributed by atoms with van der Waals surface area (Å²) < 4.78 is 8.03. The molecular weight excluding hydrogens is 396 g/mol. The van der Waals surface area contributed by atoms with Gasteiger partial charge in [0.15, 0.2) is 5.16 Å². The second-order valence-corrected chi connectivity index (χ2v) is 7.76. The minimum Gasteiger partial charge on any atom is -0.462 e. The van der Waals surface area contributed by atoms with Crippen LogP contribution in [0.3, 0.4) is 0 Å². The van der Waals surface area contributed by atoms with Crippen molar-refractivity contribution >= 4 is 55.8 Å². The van der Waals surface area contributed by atoms with Crippen LogP contribution in [0.1, 0.15) is 17.3 Å². The fourth-order valence-electron chi connectivity index (χ4n) is 2.68. The van der Waals surface area contributed by atoms with E-state index in [0.717, 1.165) is 15.2 Å². The van der Waals surface area contributed by atoms with Gasteiger partial charge in [-0.1, -0.05) is 35.2 Å². The van der Waals surface area contributed by atoms with Crippen LogP contribution in [0.2, 0.25) is 0 Å². The molecule has 2 aromatic carbocycles. The number of benzene rings is 2. The number of thiazole rings is 1. The standard InChI is InChI=1S/C19H16N4O3S2/c1-2-26-17(25)12-7-9-13(10-8-12)20-16(24)11-27-18-21-22-19-23(18)14-5-3-4-6-15(14)28-19/h3-10H,2,11H2,1H3,(H,20,24). The van der Waals surface area contributed by atoms with Gasteiger partial charge in [-0.05, 0) is 43.3 Å². The lowest BCUT2D eigenvalue weighted by Gasteiger charge is -2.06. The first kappa shape index (κ1) is 18.5. The molecule has 2 aromatic heterocycles. The molecule has 0 bridgehead atoms. The number of esters is 1. The highest BCUT2D eigenvalue weighted by atomic mass is 32.2. The molecule has 0 aliphatic carbocycles. The highest BCUT2D eigenvalue weighted by molar-refractivity contribution is 7.99. The van der Waals surface area contributed by atoms with E-state index < -0.39 is 0 Å². The summed E-state index contributed by atoms with van der Waals surface area (Å²) in [5, 5.41) is 11.9. The van der Waals surface area contributed by atoms with Crippen LogP contribution in [0.4, 0.5) is 5.69 Å². The van der Waals surface area contributed by atoms with Gasteiger partial charge in [-0.15, -0.1) is 10.2 Å². The number of amides is 1. The number of carbonyl (C=O) groups excluding carboxylic acids is 2. The number of aromatic nitrogens is 3. The first-order valence-electron chi connectivity index (χ1n) is 8.58. The number of anilines is 1. The summed E-state index contributed by atoms with van der Waals surface area (Å²) in [6, 6.07) is 14.6. The Balaban J connectivity index is 1.41. The number of ether oxygens (including phenoxy) is 1. The van der Waals surface area contributed by atoms with Crippen LogP contribution in [0.15, 0.2) is 53.7 Å². The Hall–Kier alpha value is -2.91. The van der Waals surface area contributed by atoms with E-state index in [1.165, 1.54) is 11.8 Å². The van der Waals surface area contributed by atoms with Crippen LogP contribution in [0, 0.1) is 0 Å². The molecule has 1 amide bonds. The zero-order valence-electron chi connectivity index (χ0n) is 14.9. The van der Waals surface area contributed by atoms with Crippen LogP contribution in [0.25, 0.3) is 15.2 Å². The van der Waals surface area contributed by atoms with Gasteiger partial charge in [0.25, 0.3) is 0 Å². The lowest BCUT2D eigenvalue weighted by Crippen LogP contribution is -2.14. The van der Waals surface area contributed by atoms with Crippen molar-refractivity contribution in [2.24, 2.45) is 0 Å². The minimum absolute atomic E-state index is 0.162. The molecule has 0 spiro atoms. The molecule has 0 radical (unpaired) electrons. The van der Waals surface area contributed by atoms with E-state index in [9.17, 15) is 9.59 Å². The van der Waals surface area contributed by atoms with Gasteiger partial charge in [-0.25, -0.2) is 4.79 Å². The Morgan fingerprint density at radius 2 is 1.93 bits per heavy atom. The third kappa shape index (κ3) is 3.71. The topological polar surface area (TPSA) is 85.6 Å². The summed E-state index contributed by atoms with van der Waals surface area (Å²) in [6.07, 6.45) is 0. The number of para-hydroxylation sites is 1. The first-order chi connectivity index (χ1) is 13.7. The molecule has 0 fully saturated rings. The van der Waals surface area contributed by atoms with Gasteiger partial charge < -0.3 is 10.1 Å². The quantitative estimate of drug-likeness (QED) is 0.382. The predicted octanol–water partition coefficient (Wildman–Crippen LogP) is 3.85. The van der Waals surface area contributed by atoms with Gasteiger partial charge >= 0.3 is 5.97 Å². The molecule has 0 atom stereocenters. The molecule has 2 heterocycles. The predicted molar refractivity (Wildman–Crippen MR) is 110 cm³/mol. The van der Waals surface area contributed by atoms with Crippen molar-refractivity contribution in [2.45, 2.75) is 12.1 Å². The summed E-state index contributed by atoms with van der Waals surface area (Å²) in [5.41, 5.74) is 2.10. The molecule has 0 saturated heterocycles. The summed E-state index contributed by atoms with van der Waals surface area (Å²) in [7, 11) is 0. The van der Waals surface area contributed by atoms with E-state index in [1.807, 2.05) is 28.7 Å². The molecule has 0 unspecified atom stereocenters.